The van der Waals surface area contributed by atoms with Crippen molar-refractivity contribution in [1.82, 2.24) is 5.06 Å². The Kier molecular flexibility index (Phi) is 5.97. The highest BCUT2D eigenvalue weighted by molar-refractivity contribution is 6.02. The highest BCUT2D eigenvalue weighted by Gasteiger charge is 2.11. The predicted octanol–water partition coefficient (Wildman–Crippen LogP) is 3.25. The zero-order chi connectivity index (χ0) is 18.4. The summed E-state index contributed by atoms with van der Waals surface area (Å²) in [4.78, 5) is 28.5. The largest absolute Gasteiger partial charge is 0.323 e. The number of carbonyl (C=O) groups is 2. The maximum Gasteiger partial charge on any atom is 0.277 e. The molecule has 0 aliphatic rings. The van der Waals surface area contributed by atoms with Gasteiger partial charge in [0, 0.05) is 29.9 Å². The smallest absolute Gasteiger partial charge is 0.277 e. The quantitative estimate of drug-likeness (QED) is 0.668. The van der Waals surface area contributed by atoms with Gasteiger partial charge in [-0.05, 0) is 42.5 Å². The van der Waals surface area contributed by atoms with Gasteiger partial charge in [0.1, 0.15) is 11.6 Å². The van der Waals surface area contributed by atoms with Crippen LogP contribution in [0.3, 0.4) is 0 Å². The van der Waals surface area contributed by atoms with E-state index in [0.29, 0.717) is 11.3 Å². The van der Waals surface area contributed by atoms with E-state index >= 15 is 0 Å². The summed E-state index contributed by atoms with van der Waals surface area (Å²) in [5.41, 5.74) is 0.521. The summed E-state index contributed by atoms with van der Waals surface area (Å²) in [6, 6.07) is 9.56. The third kappa shape index (κ3) is 4.71. The molecule has 7 heteroatoms. The highest BCUT2D eigenvalue weighted by Crippen LogP contribution is 2.15. The maximum atomic E-state index is 13.5. The van der Waals surface area contributed by atoms with Gasteiger partial charge in [0.25, 0.3) is 5.91 Å². The van der Waals surface area contributed by atoms with Gasteiger partial charge in [0.15, 0.2) is 0 Å². The first-order valence-electron chi connectivity index (χ1n) is 7.27. The SMILES string of the molecule is CON(C)C(=O)c1ccc(NC(=O)C=Cc2c(F)cccc2F)cc1. The van der Waals surface area contributed by atoms with Crippen molar-refractivity contribution in [3.63, 3.8) is 0 Å². The lowest BCUT2D eigenvalue weighted by atomic mass is 10.1. The summed E-state index contributed by atoms with van der Waals surface area (Å²) in [6.07, 6.45) is 2.09. The molecule has 5 nitrogen and oxygen atoms in total. The summed E-state index contributed by atoms with van der Waals surface area (Å²) in [7, 11) is 2.85. The standard InChI is InChI=1S/C18H16F2N2O3/c1-22(25-2)18(24)12-6-8-13(9-7-12)21-17(23)11-10-14-15(19)4-3-5-16(14)20/h3-11H,1-2H3,(H,21,23). The molecule has 2 aromatic rings. The van der Waals surface area contributed by atoms with Crippen LogP contribution < -0.4 is 5.32 Å². The number of halogens is 2. The number of carbonyl (C=O) groups excluding carboxylic acids is 2. The molecule has 130 valence electrons. The molecule has 0 fully saturated rings. The molecule has 0 atom stereocenters. The number of hydrogen-bond donors (Lipinski definition) is 1. The molecule has 25 heavy (non-hydrogen) atoms. The van der Waals surface area contributed by atoms with Gasteiger partial charge in [0.2, 0.25) is 5.91 Å². The fourth-order valence-corrected chi connectivity index (χ4v) is 1.97. The molecule has 0 aliphatic heterocycles. The van der Waals surface area contributed by atoms with Crippen LogP contribution in [-0.2, 0) is 9.63 Å². The number of hydrogen-bond acceptors (Lipinski definition) is 3. The highest BCUT2D eigenvalue weighted by atomic mass is 19.1. The molecule has 0 unspecified atom stereocenters. The summed E-state index contributed by atoms with van der Waals surface area (Å²) >= 11 is 0. The van der Waals surface area contributed by atoms with E-state index in [0.717, 1.165) is 29.3 Å². The van der Waals surface area contributed by atoms with Crippen LogP contribution in [0.5, 0.6) is 0 Å². The predicted molar refractivity (Wildman–Crippen MR) is 89.6 cm³/mol. The van der Waals surface area contributed by atoms with Crippen molar-refractivity contribution in [1.29, 1.82) is 0 Å². The third-order valence-corrected chi connectivity index (χ3v) is 3.36. The van der Waals surface area contributed by atoms with E-state index in [1.54, 1.807) is 0 Å². The zero-order valence-electron chi connectivity index (χ0n) is 13.6. The molecule has 0 saturated carbocycles. The first-order valence-corrected chi connectivity index (χ1v) is 7.27. The fraction of sp³-hybridized carbons (Fsp3) is 0.111. The van der Waals surface area contributed by atoms with Gasteiger partial charge in [-0.25, -0.2) is 13.8 Å². The molecule has 0 spiro atoms. The molecular weight excluding hydrogens is 330 g/mol. The molecule has 2 rings (SSSR count). The second kappa shape index (κ2) is 8.16. The van der Waals surface area contributed by atoms with Crippen molar-refractivity contribution in [3.8, 4) is 0 Å². The number of rotatable bonds is 5. The lowest BCUT2D eigenvalue weighted by Gasteiger charge is -2.13. The molecule has 0 heterocycles. The first-order chi connectivity index (χ1) is 11.9. The van der Waals surface area contributed by atoms with Gasteiger partial charge >= 0.3 is 0 Å². The summed E-state index contributed by atoms with van der Waals surface area (Å²) in [5.74, 6) is -2.41. The lowest BCUT2D eigenvalue weighted by molar-refractivity contribution is -0.111. The Morgan fingerprint density at radius 3 is 2.24 bits per heavy atom. The minimum absolute atomic E-state index is 0.291. The third-order valence-electron chi connectivity index (χ3n) is 3.36. The molecule has 0 aliphatic carbocycles. The lowest BCUT2D eigenvalue weighted by Crippen LogP contribution is -2.25. The number of benzene rings is 2. The van der Waals surface area contributed by atoms with Crippen LogP contribution in [0.2, 0.25) is 0 Å². The number of hydroxylamine groups is 2. The van der Waals surface area contributed by atoms with Crippen molar-refractivity contribution < 1.29 is 23.2 Å². The molecule has 0 bridgehead atoms. The van der Waals surface area contributed by atoms with Crippen LogP contribution in [0.1, 0.15) is 15.9 Å². The minimum Gasteiger partial charge on any atom is -0.323 e. The van der Waals surface area contributed by atoms with Crippen LogP contribution in [0.25, 0.3) is 6.08 Å². The molecular formula is C18H16F2N2O3. The van der Waals surface area contributed by atoms with Crippen LogP contribution in [-0.4, -0.2) is 31.0 Å². The maximum absolute atomic E-state index is 13.5. The number of nitrogens with zero attached hydrogens (tertiary/aromatic N) is 1. The normalized spacial score (nSPS) is 10.7. The summed E-state index contributed by atoms with van der Waals surface area (Å²) < 4.78 is 26.9. The van der Waals surface area contributed by atoms with Crippen molar-refractivity contribution in [2.45, 2.75) is 0 Å². The van der Waals surface area contributed by atoms with E-state index in [1.165, 1.54) is 44.5 Å². The molecule has 2 amide bonds. The number of nitrogens with one attached hydrogen (secondary N) is 1. The zero-order valence-corrected chi connectivity index (χ0v) is 13.6. The Bertz CT molecular complexity index is 784. The average Bonchev–Trinajstić information content (AvgIpc) is 2.60. The Morgan fingerprint density at radius 1 is 1.08 bits per heavy atom. The summed E-state index contributed by atoms with van der Waals surface area (Å²) in [6.45, 7) is 0. The monoisotopic (exact) mass is 346 g/mol. The number of amides is 2. The van der Waals surface area contributed by atoms with Crippen molar-refractivity contribution in [2.75, 3.05) is 19.5 Å². The van der Waals surface area contributed by atoms with Gasteiger partial charge in [-0.3, -0.25) is 14.4 Å². The van der Waals surface area contributed by atoms with E-state index in [9.17, 15) is 18.4 Å². The van der Waals surface area contributed by atoms with E-state index in [4.69, 9.17) is 4.84 Å². The Balaban J connectivity index is 2.03. The Labute approximate surface area is 143 Å². The van der Waals surface area contributed by atoms with Gasteiger partial charge in [-0.2, -0.15) is 0 Å². The van der Waals surface area contributed by atoms with Gasteiger partial charge < -0.3 is 5.32 Å². The second-order valence-electron chi connectivity index (χ2n) is 5.02. The van der Waals surface area contributed by atoms with E-state index in [1.807, 2.05) is 0 Å². The van der Waals surface area contributed by atoms with Crippen LogP contribution >= 0.6 is 0 Å². The molecule has 0 radical (unpaired) electrons. The second-order valence-corrected chi connectivity index (χ2v) is 5.02. The summed E-state index contributed by atoms with van der Waals surface area (Å²) in [5, 5.41) is 3.60. The number of anilines is 1. The average molecular weight is 346 g/mol. The Morgan fingerprint density at radius 2 is 1.68 bits per heavy atom. The molecule has 0 saturated heterocycles. The molecule has 1 N–H and O–H groups in total. The van der Waals surface area contributed by atoms with E-state index < -0.39 is 17.5 Å². The van der Waals surface area contributed by atoms with Gasteiger partial charge in [0.05, 0.1) is 7.11 Å². The Hall–Kier alpha value is -3.06. The fourth-order valence-electron chi connectivity index (χ4n) is 1.97. The minimum atomic E-state index is -0.755. The van der Waals surface area contributed by atoms with E-state index in [-0.39, 0.29) is 11.5 Å². The topological polar surface area (TPSA) is 58.6 Å². The van der Waals surface area contributed by atoms with Gasteiger partial charge in [-0.15, -0.1) is 0 Å². The van der Waals surface area contributed by atoms with Crippen LogP contribution in [0.15, 0.2) is 48.5 Å². The molecule has 2 aromatic carbocycles. The molecule has 0 aromatic heterocycles. The van der Waals surface area contributed by atoms with Crippen molar-refractivity contribution >= 4 is 23.6 Å². The van der Waals surface area contributed by atoms with E-state index in [2.05, 4.69) is 5.32 Å². The van der Waals surface area contributed by atoms with Crippen molar-refractivity contribution in [3.05, 3.63) is 71.3 Å². The van der Waals surface area contributed by atoms with Crippen molar-refractivity contribution in [2.24, 2.45) is 0 Å². The van der Waals surface area contributed by atoms with Crippen LogP contribution in [0, 0.1) is 11.6 Å². The van der Waals surface area contributed by atoms with Crippen LogP contribution in [0.4, 0.5) is 14.5 Å². The van der Waals surface area contributed by atoms with Gasteiger partial charge in [-0.1, -0.05) is 6.07 Å². The first kappa shape index (κ1) is 18.3.